The predicted molar refractivity (Wildman–Crippen MR) is 90.3 cm³/mol. The Morgan fingerprint density at radius 3 is 2.71 bits per heavy atom. The number of halogens is 2. The van der Waals surface area contributed by atoms with Gasteiger partial charge in [0.15, 0.2) is 0 Å². The van der Waals surface area contributed by atoms with Crippen LogP contribution in [0.15, 0.2) is 48.8 Å². The van der Waals surface area contributed by atoms with Crippen LogP contribution >= 0.6 is 23.2 Å². The highest BCUT2D eigenvalue weighted by atomic mass is 35.5. The van der Waals surface area contributed by atoms with Crippen LogP contribution in [0.25, 0.3) is 10.8 Å². The molecule has 0 aliphatic carbocycles. The standard InChI is InChI=1S/C17H14Cl2N2/c1-11-6-16(19)17(7-15(11)18)21-10-13-9-20-8-12-4-2-3-5-14(12)13/h2-9,21H,10H2,1H3. The maximum absolute atomic E-state index is 6.25. The minimum absolute atomic E-state index is 0.646. The van der Waals surface area contributed by atoms with Crippen molar-refractivity contribution in [2.45, 2.75) is 13.5 Å². The molecule has 1 heterocycles. The molecule has 4 heteroatoms. The molecule has 0 bridgehead atoms. The van der Waals surface area contributed by atoms with Crippen molar-refractivity contribution in [3.8, 4) is 0 Å². The van der Waals surface area contributed by atoms with Gasteiger partial charge in [0, 0.05) is 29.3 Å². The van der Waals surface area contributed by atoms with E-state index < -0.39 is 0 Å². The fraction of sp³-hybridized carbons (Fsp3) is 0.118. The average molecular weight is 317 g/mol. The number of nitrogens with zero attached hydrogens (tertiary/aromatic N) is 1. The average Bonchev–Trinajstić information content (AvgIpc) is 2.49. The Morgan fingerprint density at radius 1 is 1.05 bits per heavy atom. The van der Waals surface area contributed by atoms with Gasteiger partial charge < -0.3 is 5.32 Å². The third-order valence-corrected chi connectivity index (χ3v) is 4.19. The first-order valence-electron chi connectivity index (χ1n) is 6.66. The molecule has 0 unspecified atom stereocenters. The molecule has 106 valence electrons. The van der Waals surface area contributed by atoms with Crippen LogP contribution in [0.1, 0.15) is 11.1 Å². The van der Waals surface area contributed by atoms with Gasteiger partial charge in [0.1, 0.15) is 0 Å². The van der Waals surface area contributed by atoms with Crippen LogP contribution in [0.3, 0.4) is 0 Å². The highest BCUT2D eigenvalue weighted by molar-refractivity contribution is 6.35. The van der Waals surface area contributed by atoms with E-state index in [9.17, 15) is 0 Å². The third-order valence-electron chi connectivity index (χ3n) is 3.47. The molecule has 0 fully saturated rings. The minimum Gasteiger partial charge on any atom is -0.380 e. The van der Waals surface area contributed by atoms with Crippen LogP contribution < -0.4 is 5.32 Å². The highest BCUT2D eigenvalue weighted by Gasteiger charge is 2.06. The first kappa shape index (κ1) is 14.2. The van der Waals surface area contributed by atoms with Gasteiger partial charge in [-0.2, -0.15) is 0 Å². The molecule has 1 N–H and O–H groups in total. The SMILES string of the molecule is Cc1cc(Cl)c(NCc2cncc3ccccc23)cc1Cl. The number of fused-ring (bicyclic) bond motifs is 1. The summed E-state index contributed by atoms with van der Waals surface area (Å²) in [7, 11) is 0. The summed E-state index contributed by atoms with van der Waals surface area (Å²) >= 11 is 12.4. The van der Waals surface area contributed by atoms with Crippen LogP contribution in [0.4, 0.5) is 5.69 Å². The Morgan fingerprint density at radius 2 is 1.86 bits per heavy atom. The fourth-order valence-corrected chi connectivity index (χ4v) is 2.74. The van der Waals surface area contributed by atoms with Crippen molar-refractivity contribution in [1.29, 1.82) is 0 Å². The van der Waals surface area contributed by atoms with Crippen molar-refractivity contribution in [1.82, 2.24) is 4.98 Å². The summed E-state index contributed by atoms with van der Waals surface area (Å²) in [6.07, 6.45) is 3.74. The van der Waals surface area contributed by atoms with Gasteiger partial charge in [-0.05, 0) is 35.6 Å². The zero-order valence-electron chi connectivity index (χ0n) is 11.5. The Kier molecular flexibility index (Phi) is 4.00. The van der Waals surface area contributed by atoms with Crippen molar-refractivity contribution in [2.75, 3.05) is 5.32 Å². The molecule has 0 atom stereocenters. The number of hydrogen-bond donors (Lipinski definition) is 1. The number of benzene rings is 2. The van der Waals surface area contributed by atoms with Crippen molar-refractivity contribution >= 4 is 39.7 Å². The summed E-state index contributed by atoms with van der Waals surface area (Å²) in [4.78, 5) is 4.28. The molecule has 0 spiro atoms. The largest absolute Gasteiger partial charge is 0.380 e. The molecular formula is C17H14Cl2N2. The number of rotatable bonds is 3. The lowest BCUT2D eigenvalue weighted by atomic mass is 10.1. The first-order valence-corrected chi connectivity index (χ1v) is 7.42. The number of pyridine rings is 1. The van der Waals surface area contributed by atoms with Crippen molar-refractivity contribution in [3.63, 3.8) is 0 Å². The Bertz CT molecular complexity index is 795. The van der Waals surface area contributed by atoms with Gasteiger partial charge in [-0.25, -0.2) is 0 Å². The first-order chi connectivity index (χ1) is 10.1. The predicted octanol–water partition coefficient (Wildman–Crippen LogP) is 5.46. The van der Waals surface area contributed by atoms with Gasteiger partial charge in [0.25, 0.3) is 0 Å². The Labute approximate surface area is 133 Å². The van der Waals surface area contributed by atoms with Crippen molar-refractivity contribution < 1.29 is 0 Å². The molecule has 3 aromatic rings. The molecule has 1 aromatic heterocycles. The van der Waals surface area contributed by atoms with Crippen LogP contribution in [-0.2, 0) is 6.54 Å². The minimum atomic E-state index is 0.646. The van der Waals surface area contributed by atoms with E-state index in [4.69, 9.17) is 23.2 Å². The molecule has 2 nitrogen and oxygen atoms in total. The molecular weight excluding hydrogens is 303 g/mol. The summed E-state index contributed by atoms with van der Waals surface area (Å²) in [5, 5.41) is 7.03. The lowest BCUT2D eigenvalue weighted by molar-refractivity contribution is 1.13. The Balaban J connectivity index is 1.89. The lowest BCUT2D eigenvalue weighted by Gasteiger charge is -2.12. The maximum atomic E-state index is 6.25. The molecule has 0 aliphatic rings. The second kappa shape index (κ2) is 5.92. The van der Waals surface area contributed by atoms with E-state index in [1.165, 1.54) is 5.39 Å². The maximum Gasteiger partial charge on any atom is 0.0641 e. The molecule has 0 radical (unpaired) electrons. The van der Waals surface area contributed by atoms with Crippen molar-refractivity contribution in [3.05, 3.63) is 70.0 Å². The summed E-state index contributed by atoms with van der Waals surface area (Å²) < 4.78 is 0. The van der Waals surface area contributed by atoms with Gasteiger partial charge in [0.2, 0.25) is 0 Å². The van der Waals surface area contributed by atoms with E-state index in [2.05, 4.69) is 22.4 Å². The van der Waals surface area contributed by atoms with E-state index in [1.54, 1.807) is 0 Å². The number of nitrogens with one attached hydrogen (secondary N) is 1. The molecule has 0 saturated carbocycles. The van der Waals surface area contributed by atoms with Crippen molar-refractivity contribution in [2.24, 2.45) is 0 Å². The monoisotopic (exact) mass is 316 g/mol. The van der Waals surface area contributed by atoms with E-state index >= 15 is 0 Å². The normalized spacial score (nSPS) is 10.8. The Hall–Kier alpha value is -1.77. The lowest BCUT2D eigenvalue weighted by Crippen LogP contribution is -2.01. The summed E-state index contributed by atoms with van der Waals surface area (Å²) in [6, 6.07) is 11.9. The van der Waals surface area contributed by atoms with E-state index in [0.29, 0.717) is 16.6 Å². The van der Waals surface area contributed by atoms with Crippen LogP contribution in [0, 0.1) is 6.92 Å². The van der Waals surface area contributed by atoms with Crippen LogP contribution in [0.2, 0.25) is 10.0 Å². The second-order valence-electron chi connectivity index (χ2n) is 4.95. The topological polar surface area (TPSA) is 24.9 Å². The van der Waals surface area contributed by atoms with Crippen LogP contribution in [0.5, 0.6) is 0 Å². The van der Waals surface area contributed by atoms with Crippen LogP contribution in [-0.4, -0.2) is 4.98 Å². The summed E-state index contributed by atoms with van der Waals surface area (Å²) in [5.41, 5.74) is 2.93. The molecule has 2 aromatic carbocycles. The van der Waals surface area contributed by atoms with E-state index in [-0.39, 0.29) is 0 Å². The zero-order chi connectivity index (χ0) is 14.8. The number of hydrogen-bond acceptors (Lipinski definition) is 2. The number of aryl methyl sites for hydroxylation is 1. The van der Waals surface area contributed by atoms with Gasteiger partial charge in [-0.1, -0.05) is 47.5 Å². The quantitative estimate of drug-likeness (QED) is 0.693. The number of anilines is 1. The van der Waals surface area contributed by atoms with E-state index in [1.807, 2.05) is 43.6 Å². The summed E-state index contributed by atoms with van der Waals surface area (Å²) in [6.45, 7) is 2.58. The zero-order valence-corrected chi connectivity index (χ0v) is 13.0. The molecule has 0 saturated heterocycles. The molecule has 0 amide bonds. The van der Waals surface area contributed by atoms with Gasteiger partial charge in [0.05, 0.1) is 10.7 Å². The molecule has 3 rings (SSSR count). The van der Waals surface area contributed by atoms with Gasteiger partial charge >= 0.3 is 0 Å². The third kappa shape index (κ3) is 2.97. The molecule has 0 aliphatic heterocycles. The summed E-state index contributed by atoms with van der Waals surface area (Å²) in [5.74, 6) is 0. The van der Waals surface area contributed by atoms with E-state index in [0.717, 1.165) is 22.2 Å². The fourth-order valence-electron chi connectivity index (χ4n) is 2.29. The van der Waals surface area contributed by atoms with Gasteiger partial charge in [-0.15, -0.1) is 0 Å². The van der Waals surface area contributed by atoms with Gasteiger partial charge in [-0.3, -0.25) is 4.98 Å². The highest BCUT2D eigenvalue weighted by Crippen LogP contribution is 2.29. The molecule has 21 heavy (non-hydrogen) atoms. The number of aromatic nitrogens is 1. The smallest absolute Gasteiger partial charge is 0.0641 e. The second-order valence-corrected chi connectivity index (χ2v) is 5.77.